The summed E-state index contributed by atoms with van der Waals surface area (Å²) in [6, 6.07) is 3.90. The highest BCUT2D eigenvalue weighted by Crippen LogP contribution is 2.35. The van der Waals surface area contributed by atoms with Crippen molar-refractivity contribution in [1.29, 1.82) is 5.26 Å². The number of ether oxygens (including phenoxy) is 1. The van der Waals surface area contributed by atoms with Gasteiger partial charge in [-0.2, -0.15) is 28.6 Å². The van der Waals surface area contributed by atoms with E-state index < -0.39 is 30.3 Å². The van der Waals surface area contributed by atoms with Crippen molar-refractivity contribution in [3.63, 3.8) is 0 Å². The second kappa shape index (κ2) is 10.4. The summed E-state index contributed by atoms with van der Waals surface area (Å²) in [5, 5.41) is 21.2. The summed E-state index contributed by atoms with van der Waals surface area (Å²) in [5.41, 5.74) is 6.87. The van der Waals surface area contributed by atoms with Crippen LogP contribution in [0.3, 0.4) is 0 Å². The Kier molecular flexibility index (Phi) is 7.24. The number of nitrogens with zero attached hydrogens (tertiary/aromatic N) is 7. The molecular formula is C23H24F3N9O3. The first-order valence-electron chi connectivity index (χ1n) is 11.5. The zero-order valence-electron chi connectivity index (χ0n) is 20.3. The van der Waals surface area contributed by atoms with Crippen LogP contribution >= 0.6 is 0 Å². The number of alkyl halides is 3. The molecule has 0 atom stereocenters. The van der Waals surface area contributed by atoms with Gasteiger partial charge in [0, 0.05) is 49.9 Å². The fraction of sp³-hybridized carbons (Fsp3) is 0.391. The minimum absolute atomic E-state index is 0.0180. The van der Waals surface area contributed by atoms with Gasteiger partial charge >= 0.3 is 12.3 Å². The first-order valence-corrected chi connectivity index (χ1v) is 11.5. The van der Waals surface area contributed by atoms with E-state index >= 15 is 0 Å². The number of halogens is 3. The summed E-state index contributed by atoms with van der Waals surface area (Å²) in [6.45, 7) is -1.62. The molecule has 0 bridgehead atoms. The third-order valence-corrected chi connectivity index (χ3v) is 6.22. The van der Waals surface area contributed by atoms with Crippen LogP contribution in [0.15, 0.2) is 37.1 Å². The Morgan fingerprint density at radius 1 is 1.21 bits per heavy atom. The molecule has 1 aliphatic rings. The molecule has 3 aromatic heterocycles. The molecule has 15 heteroatoms. The number of hydrogen-bond donors (Lipinski definition) is 2. The summed E-state index contributed by atoms with van der Waals surface area (Å²) < 4.78 is 44.7. The number of pyridine rings is 1. The number of carbonyl (C=O) groups is 2. The molecular weight excluding hydrogens is 507 g/mol. The lowest BCUT2D eigenvalue weighted by atomic mass is 9.85. The molecule has 38 heavy (non-hydrogen) atoms. The van der Waals surface area contributed by atoms with Gasteiger partial charge < -0.3 is 20.7 Å². The highest BCUT2D eigenvalue weighted by atomic mass is 19.4. The quantitative estimate of drug-likeness (QED) is 0.471. The number of aromatic nitrogens is 5. The van der Waals surface area contributed by atoms with Crippen LogP contribution in [0.1, 0.15) is 29.6 Å². The summed E-state index contributed by atoms with van der Waals surface area (Å²) in [7, 11) is 1.79. The first kappa shape index (κ1) is 26.5. The van der Waals surface area contributed by atoms with Gasteiger partial charge in [-0.1, -0.05) is 0 Å². The number of aryl methyl sites for hydroxylation is 1. The molecule has 4 heterocycles. The van der Waals surface area contributed by atoms with E-state index in [0.29, 0.717) is 5.69 Å². The molecule has 1 fully saturated rings. The van der Waals surface area contributed by atoms with Crippen molar-refractivity contribution in [3.8, 4) is 17.2 Å². The maximum atomic E-state index is 12.4. The lowest BCUT2D eigenvalue weighted by Crippen LogP contribution is -2.48. The molecule has 200 valence electrons. The molecule has 0 saturated carbocycles. The number of hydrogen-bond acceptors (Lipinski definition) is 8. The molecule has 0 aliphatic carbocycles. The fourth-order valence-corrected chi connectivity index (χ4v) is 4.24. The van der Waals surface area contributed by atoms with Crippen molar-refractivity contribution in [2.45, 2.75) is 31.0 Å². The number of amides is 2. The molecule has 1 saturated heterocycles. The summed E-state index contributed by atoms with van der Waals surface area (Å²) in [4.78, 5) is 29.7. The van der Waals surface area contributed by atoms with Crippen LogP contribution in [0, 0.1) is 11.3 Å². The van der Waals surface area contributed by atoms with Crippen molar-refractivity contribution < 1.29 is 27.5 Å². The molecule has 0 radical (unpaired) electrons. The monoisotopic (exact) mass is 531 g/mol. The Balaban J connectivity index is 1.56. The van der Waals surface area contributed by atoms with Crippen molar-refractivity contribution in [2.24, 2.45) is 12.8 Å². The van der Waals surface area contributed by atoms with Crippen LogP contribution in [0.2, 0.25) is 0 Å². The van der Waals surface area contributed by atoms with Crippen molar-refractivity contribution >= 4 is 23.5 Å². The van der Waals surface area contributed by atoms with Gasteiger partial charge in [-0.25, -0.2) is 4.79 Å². The average molecular weight is 531 g/mol. The number of rotatable bonds is 7. The summed E-state index contributed by atoms with van der Waals surface area (Å²) in [5.74, 6) is -0.609. The van der Waals surface area contributed by atoms with Gasteiger partial charge in [0.1, 0.15) is 5.56 Å². The summed E-state index contributed by atoms with van der Waals surface area (Å²) >= 11 is 0. The minimum Gasteiger partial charge on any atom is -0.440 e. The molecule has 1 aliphatic heterocycles. The van der Waals surface area contributed by atoms with Crippen molar-refractivity contribution in [3.05, 3.63) is 42.6 Å². The molecule has 3 aromatic rings. The zero-order chi connectivity index (χ0) is 27.5. The van der Waals surface area contributed by atoms with Gasteiger partial charge in [-0.05, 0) is 18.9 Å². The smallest absolute Gasteiger partial charge is 0.422 e. The topological polar surface area (TPSA) is 157 Å². The normalized spacial score (nSPS) is 15.1. The lowest BCUT2D eigenvalue weighted by molar-refractivity contribution is -0.162. The van der Waals surface area contributed by atoms with Gasteiger partial charge in [-0.15, -0.1) is 0 Å². The highest BCUT2D eigenvalue weighted by molar-refractivity contribution is 5.98. The molecule has 0 aromatic carbocycles. The third-order valence-electron chi connectivity index (χ3n) is 6.22. The van der Waals surface area contributed by atoms with E-state index in [1.54, 1.807) is 36.4 Å². The predicted molar refractivity (Wildman–Crippen MR) is 127 cm³/mol. The van der Waals surface area contributed by atoms with E-state index in [0.717, 1.165) is 16.0 Å². The Labute approximate surface area is 214 Å². The summed E-state index contributed by atoms with van der Waals surface area (Å²) in [6.07, 6.45) is 2.78. The van der Waals surface area contributed by atoms with E-state index in [4.69, 9.17) is 5.73 Å². The zero-order valence-corrected chi connectivity index (χ0v) is 20.3. The molecule has 2 amide bonds. The number of nitrogens with two attached hydrogens (primary N) is 1. The first-order chi connectivity index (χ1) is 18.0. The van der Waals surface area contributed by atoms with Crippen LogP contribution in [0.5, 0.6) is 0 Å². The van der Waals surface area contributed by atoms with Crippen molar-refractivity contribution in [2.75, 3.05) is 25.0 Å². The SMILES string of the molecule is Cn1cc(-c2cncc(Nc3nn(C4(CC#N)CCN(C(=O)OCC(F)(F)F)CC4)cc3C(N)=O)c2)cn1. The molecule has 3 N–H and O–H groups in total. The van der Waals surface area contributed by atoms with Crippen LogP contribution in [0.4, 0.5) is 29.5 Å². The van der Waals surface area contributed by atoms with Gasteiger partial charge in [0.15, 0.2) is 12.4 Å². The largest absolute Gasteiger partial charge is 0.440 e. The maximum absolute atomic E-state index is 12.4. The Morgan fingerprint density at radius 2 is 1.95 bits per heavy atom. The standard InChI is InChI=1S/C23H24F3N9O3/c1-33-12-16(10-30-33)15-8-17(11-29-9-15)31-20-18(19(28)36)13-35(32-20)22(2-5-27)3-6-34(7-4-22)21(37)38-14-23(24,25)26/h8-13H,2-4,6-7,14H2,1H3,(H2,28,36)(H,31,32). The number of nitriles is 1. The van der Waals surface area contributed by atoms with Gasteiger partial charge in [0.05, 0.1) is 36.1 Å². The predicted octanol–water partition coefficient (Wildman–Crippen LogP) is 2.92. The van der Waals surface area contributed by atoms with E-state index in [2.05, 4.69) is 31.3 Å². The number of carbonyl (C=O) groups excluding carboxylic acids is 2. The van der Waals surface area contributed by atoms with Gasteiger partial charge in [0.2, 0.25) is 0 Å². The second-order valence-corrected chi connectivity index (χ2v) is 8.91. The minimum atomic E-state index is -4.63. The number of anilines is 2. The second-order valence-electron chi connectivity index (χ2n) is 8.91. The number of nitrogens with one attached hydrogen (secondary N) is 1. The molecule has 0 spiro atoms. The van der Waals surface area contributed by atoms with E-state index in [1.165, 1.54) is 10.9 Å². The number of likely N-dealkylation sites (tertiary alicyclic amines) is 1. The molecule has 12 nitrogen and oxygen atoms in total. The molecule has 0 unspecified atom stereocenters. The number of primary amides is 1. The number of piperidine rings is 1. The average Bonchev–Trinajstić information content (AvgIpc) is 3.50. The van der Waals surface area contributed by atoms with Gasteiger partial charge in [-0.3, -0.25) is 19.1 Å². The third kappa shape index (κ3) is 5.85. The Bertz CT molecular complexity index is 1370. The van der Waals surface area contributed by atoms with E-state index in [9.17, 15) is 28.0 Å². The van der Waals surface area contributed by atoms with Gasteiger partial charge in [0.25, 0.3) is 5.91 Å². The van der Waals surface area contributed by atoms with Crippen LogP contribution < -0.4 is 11.1 Å². The Morgan fingerprint density at radius 3 is 2.55 bits per heavy atom. The van der Waals surface area contributed by atoms with E-state index in [1.807, 2.05) is 6.20 Å². The van der Waals surface area contributed by atoms with Crippen LogP contribution in [-0.2, 0) is 17.3 Å². The Hall–Kier alpha value is -4.61. The fourth-order valence-electron chi connectivity index (χ4n) is 4.24. The molecule has 4 rings (SSSR count). The van der Waals surface area contributed by atoms with Crippen molar-refractivity contribution in [1.82, 2.24) is 29.4 Å². The van der Waals surface area contributed by atoms with Crippen LogP contribution in [-0.4, -0.2) is 67.3 Å². The lowest BCUT2D eigenvalue weighted by Gasteiger charge is -2.40. The maximum Gasteiger partial charge on any atom is 0.422 e. The van der Waals surface area contributed by atoms with E-state index in [-0.39, 0.29) is 43.7 Å². The highest BCUT2D eigenvalue weighted by Gasteiger charge is 2.40. The van der Waals surface area contributed by atoms with Crippen LogP contribution in [0.25, 0.3) is 11.1 Å².